The van der Waals surface area contributed by atoms with Crippen molar-refractivity contribution in [3.63, 3.8) is 0 Å². The van der Waals surface area contributed by atoms with E-state index >= 15 is 0 Å². The Kier molecular flexibility index (Phi) is 7.17. The number of hydrogen-bond donors (Lipinski definition) is 2. The Labute approximate surface area is 251 Å². The maximum atomic E-state index is 14.8. The van der Waals surface area contributed by atoms with E-state index in [1.807, 2.05) is 26.0 Å². The summed E-state index contributed by atoms with van der Waals surface area (Å²) in [6.07, 6.45) is 1.75. The van der Waals surface area contributed by atoms with Crippen molar-refractivity contribution in [1.29, 1.82) is 0 Å². The van der Waals surface area contributed by atoms with Crippen LogP contribution >= 0.6 is 23.5 Å². The van der Waals surface area contributed by atoms with Crippen LogP contribution in [0.3, 0.4) is 0 Å². The predicted octanol–water partition coefficient (Wildman–Crippen LogP) is 4.50. The van der Waals surface area contributed by atoms with Gasteiger partial charge >= 0.3 is 0 Å². The predicted molar refractivity (Wildman–Crippen MR) is 164 cm³/mol. The summed E-state index contributed by atoms with van der Waals surface area (Å²) in [6.45, 7) is 6.99. The molecule has 3 aromatic heterocycles. The van der Waals surface area contributed by atoms with Crippen LogP contribution in [0.1, 0.15) is 51.9 Å². The molecule has 0 radical (unpaired) electrons. The standard InChI is InChI=1S/C29H32ClFN8O2S/c1-13-9-16(14(2)32-20-7-8-21(30)33-25(20)27(40)36-42-6)24-17(10-13)28(41)37(4)29(34-24)39-11-18-19(12-39)22(18)26-23(31)15(3)38(5)35-26/h7-10,14,18-19,22,32H,11-12H2,1-6H3,(H,36,40). The molecule has 6 rings (SSSR count). The molecule has 10 nitrogen and oxygen atoms in total. The SMILES string of the molecule is CSNC(=O)c1nc(Cl)ccc1NC(C)c1cc(C)cc2c(=O)n(C)c(N3CC4C(C3)C4c3nn(C)c(C)c3F)nc12. The fraction of sp³-hybridized carbons (Fsp3) is 0.414. The molecule has 42 heavy (non-hydrogen) atoms. The van der Waals surface area contributed by atoms with Crippen LogP contribution in [0.4, 0.5) is 16.0 Å². The minimum Gasteiger partial charge on any atom is -0.377 e. The molecular weight excluding hydrogens is 579 g/mol. The molecular formula is C29H32ClFN8O2S. The Balaban J connectivity index is 1.33. The molecule has 1 aromatic carbocycles. The third kappa shape index (κ3) is 4.70. The summed E-state index contributed by atoms with van der Waals surface area (Å²) in [5, 5.41) is 8.56. The molecule has 0 spiro atoms. The van der Waals surface area contributed by atoms with Crippen LogP contribution in [-0.4, -0.2) is 49.6 Å². The number of carbonyl (C=O) groups is 1. The van der Waals surface area contributed by atoms with Crippen LogP contribution in [0.5, 0.6) is 0 Å². The van der Waals surface area contributed by atoms with Crippen LogP contribution < -0.4 is 20.5 Å². The minimum atomic E-state index is -0.366. The molecule has 4 aromatic rings. The largest absolute Gasteiger partial charge is 0.377 e. The van der Waals surface area contributed by atoms with Gasteiger partial charge in [0.2, 0.25) is 5.95 Å². The number of aromatic nitrogens is 5. The maximum Gasteiger partial charge on any atom is 0.281 e. The first-order chi connectivity index (χ1) is 20.0. The molecule has 220 valence electrons. The molecule has 1 saturated carbocycles. The van der Waals surface area contributed by atoms with E-state index in [-0.39, 0.29) is 51.9 Å². The van der Waals surface area contributed by atoms with Crippen LogP contribution in [0.15, 0.2) is 29.1 Å². The fourth-order valence-electron chi connectivity index (χ4n) is 6.25. The lowest BCUT2D eigenvalue weighted by Gasteiger charge is -2.25. The number of pyridine rings is 1. The molecule has 13 heteroatoms. The lowest BCUT2D eigenvalue weighted by atomic mass is 10.0. The highest BCUT2D eigenvalue weighted by atomic mass is 35.5. The average Bonchev–Trinajstić information content (AvgIpc) is 3.31. The van der Waals surface area contributed by atoms with Crippen LogP contribution in [0.2, 0.25) is 5.15 Å². The summed E-state index contributed by atoms with van der Waals surface area (Å²) in [7, 11) is 3.51. The van der Waals surface area contributed by atoms with E-state index in [9.17, 15) is 14.0 Å². The second-order valence-electron chi connectivity index (χ2n) is 11.2. The number of rotatable bonds is 7. The van der Waals surface area contributed by atoms with Crippen molar-refractivity contribution < 1.29 is 9.18 Å². The number of fused-ring (bicyclic) bond motifs is 2. The van der Waals surface area contributed by atoms with Crippen molar-refractivity contribution in [2.45, 2.75) is 32.7 Å². The Bertz CT molecular complexity index is 1790. The summed E-state index contributed by atoms with van der Waals surface area (Å²) in [6, 6.07) is 6.88. The first-order valence-electron chi connectivity index (χ1n) is 13.7. The Morgan fingerprint density at radius 1 is 1.17 bits per heavy atom. The molecule has 2 fully saturated rings. The second-order valence-corrected chi connectivity index (χ2v) is 12.2. The van der Waals surface area contributed by atoms with E-state index in [0.717, 1.165) is 11.1 Å². The van der Waals surface area contributed by atoms with Gasteiger partial charge in [0.25, 0.3) is 11.5 Å². The topological polar surface area (TPSA) is 110 Å². The number of benzene rings is 1. The zero-order chi connectivity index (χ0) is 30.0. The number of carbonyl (C=O) groups excluding carboxylic acids is 1. The van der Waals surface area contributed by atoms with Crippen LogP contribution in [-0.2, 0) is 14.1 Å². The normalized spacial score (nSPS) is 20.1. The Morgan fingerprint density at radius 2 is 1.88 bits per heavy atom. The number of amides is 1. The number of anilines is 2. The van der Waals surface area contributed by atoms with Crippen molar-refractivity contribution in [3.8, 4) is 0 Å². The average molecular weight is 611 g/mol. The molecule has 0 bridgehead atoms. The molecule has 4 heterocycles. The fourth-order valence-corrected chi connectivity index (χ4v) is 6.68. The monoisotopic (exact) mass is 610 g/mol. The zero-order valence-corrected chi connectivity index (χ0v) is 25.8. The third-order valence-electron chi connectivity index (χ3n) is 8.52. The van der Waals surface area contributed by atoms with Gasteiger partial charge in [-0.15, -0.1) is 0 Å². The smallest absolute Gasteiger partial charge is 0.281 e. The lowest BCUT2D eigenvalue weighted by molar-refractivity contribution is 0.0980. The number of aryl methyl sites for hydroxylation is 2. The van der Waals surface area contributed by atoms with E-state index in [4.69, 9.17) is 16.6 Å². The summed E-state index contributed by atoms with van der Waals surface area (Å²) >= 11 is 7.27. The highest BCUT2D eigenvalue weighted by molar-refractivity contribution is 7.97. The summed E-state index contributed by atoms with van der Waals surface area (Å²) in [5.41, 5.74) is 3.99. The van der Waals surface area contributed by atoms with Gasteiger partial charge in [0, 0.05) is 44.9 Å². The van der Waals surface area contributed by atoms with Gasteiger partial charge in [0.1, 0.15) is 10.8 Å². The summed E-state index contributed by atoms with van der Waals surface area (Å²) in [4.78, 5) is 37.7. The maximum absolute atomic E-state index is 14.8. The van der Waals surface area contributed by atoms with Gasteiger partial charge in [-0.25, -0.2) is 14.4 Å². The molecule has 1 aliphatic heterocycles. The van der Waals surface area contributed by atoms with Crippen molar-refractivity contribution in [2.75, 3.05) is 29.6 Å². The quantitative estimate of drug-likeness (QED) is 0.233. The number of nitrogens with zero attached hydrogens (tertiary/aromatic N) is 6. The van der Waals surface area contributed by atoms with Gasteiger partial charge in [-0.05, 0) is 56.4 Å². The first-order valence-corrected chi connectivity index (χ1v) is 15.3. The van der Waals surface area contributed by atoms with Gasteiger partial charge in [-0.3, -0.25) is 23.6 Å². The van der Waals surface area contributed by atoms with Crippen molar-refractivity contribution in [2.24, 2.45) is 25.9 Å². The van der Waals surface area contributed by atoms with Crippen molar-refractivity contribution in [1.82, 2.24) is 29.0 Å². The number of halogens is 2. The lowest BCUT2D eigenvalue weighted by Crippen LogP contribution is -2.32. The summed E-state index contributed by atoms with van der Waals surface area (Å²) < 4.78 is 20.7. The van der Waals surface area contributed by atoms with Crippen LogP contribution in [0, 0.1) is 31.5 Å². The van der Waals surface area contributed by atoms with Gasteiger partial charge < -0.3 is 10.2 Å². The minimum absolute atomic E-state index is 0.0894. The van der Waals surface area contributed by atoms with Gasteiger partial charge in [0.05, 0.1) is 28.3 Å². The second kappa shape index (κ2) is 10.6. The highest BCUT2D eigenvalue weighted by Gasteiger charge is 2.59. The zero-order valence-electron chi connectivity index (χ0n) is 24.2. The molecule has 2 N–H and O–H groups in total. The van der Waals surface area contributed by atoms with Crippen LogP contribution in [0.25, 0.3) is 10.9 Å². The van der Waals surface area contributed by atoms with E-state index in [1.54, 1.807) is 48.7 Å². The number of piperidine rings is 1. The Morgan fingerprint density at radius 3 is 2.52 bits per heavy atom. The van der Waals surface area contributed by atoms with Crippen molar-refractivity contribution in [3.05, 3.63) is 73.8 Å². The molecule has 1 aliphatic carbocycles. The van der Waals surface area contributed by atoms with E-state index < -0.39 is 0 Å². The number of nitrogens with one attached hydrogen (secondary N) is 2. The molecule has 1 amide bonds. The number of hydrogen-bond acceptors (Lipinski definition) is 8. The highest BCUT2D eigenvalue weighted by Crippen LogP contribution is 2.58. The summed E-state index contributed by atoms with van der Waals surface area (Å²) in [5.74, 6) is 0.625. The van der Waals surface area contributed by atoms with E-state index in [2.05, 4.69) is 25.0 Å². The molecule has 2 aliphatic rings. The van der Waals surface area contributed by atoms with Crippen molar-refractivity contribution >= 4 is 52.0 Å². The van der Waals surface area contributed by atoms with Gasteiger partial charge in [0.15, 0.2) is 11.5 Å². The van der Waals surface area contributed by atoms with Gasteiger partial charge in [-0.2, -0.15) is 5.10 Å². The molecule has 3 unspecified atom stereocenters. The molecule has 1 saturated heterocycles. The van der Waals surface area contributed by atoms with Gasteiger partial charge in [-0.1, -0.05) is 29.6 Å². The van der Waals surface area contributed by atoms with E-state index in [0.29, 0.717) is 47.0 Å². The van der Waals surface area contributed by atoms with E-state index in [1.165, 1.54) is 11.9 Å². The molecule has 3 atom stereocenters. The third-order valence-corrected chi connectivity index (χ3v) is 9.12. The first kappa shape index (κ1) is 28.5. The Hall–Kier alpha value is -3.64.